The van der Waals surface area contributed by atoms with Crippen molar-refractivity contribution in [2.75, 3.05) is 6.54 Å². The van der Waals surface area contributed by atoms with Gasteiger partial charge in [0.25, 0.3) is 0 Å². The highest BCUT2D eigenvalue weighted by molar-refractivity contribution is 5.94. The monoisotopic (exact) mass is 560 g/mol. The fourth-order valence-corrected chi connectivity index (χ4v) is 4.64. The molecular weight excluding hydrogens is 508 g/mol. The molecule has 0 saturated heterocycles. The third kappa shape index (κ3) is 12.4. The quantitative estimate of drug-likeness (QED) is 0.239. The second kappa shape index (κ2) is 16.9. The lowest BCUT2D eigenvalue weighted by atomic mass is 9.95. The topological polar surface area (TPSA) is 131 Å². The normalized spacial score (nSPS) is 13.6. The van der Waals surface area contributed by atoms with E-state index in [-0.39, 0.29) is 18.5 Å². The van der Waals surface area contributed by atoms with Crippen LogP contribution in [0.1, 0.15) is 116 Å². The van der Waals surface area contributed by atoms with Crippen LogP contribution >= 0.6 is 0 Å². The number of nitrogens with zero attached hydrogens (tertiary/aromatic N) is 1. The van der Waals surface area contributed by atoms with Crippen molar-refractivity contribution >= 4 is 23.8 Å². The first-order valence-corrected chi connectivity index (χ1v) is 14.7. The Labute approximate surface area is 241 Å². The number of carbonyl (C=O) groups is 4. The summed E-state index contributed by atoms with van der Waals surface area (Å²) >= 11 is 0. The van der Waals surface area contributed by atoms with Crippen LogP contribution in [0.4, 0.5) is 4.79 Å². The number of unbranched alkanes of at least 4 members (excludes halogenated alkanes) is 4. The zero-order chi connectivity index (χ0) is 30.5. The Balaban J connectivity index is 3.59. The van der Waals surface area contributed by atoms with Crippen LogP contribution in [0, 0.1) is 13.8 Å². The maximum absolute atomic E-state index is 14.2. The van der Waals surface area contributed by atoms with E-state index in [0.717, 1.165) is 49.7 Å². The van der Waals surface area contributed by atoms with E-state index in [1.165, 1.54) is 4.90 Å². The first-order valence-electron chi connectivity index (χ1n) is 14.7. The van der Waals surface area contributed by atoms with Crippen molar-refractivity contribution in [3.8, 4) is 0 Å². The second-order valence-electron chi connectivity index (χ2n) is 11.8. The van der Waals surface area contributed by atoms with Gasteiger partial charge in [-0.3, -0.25) is 14.4 Å². The van der Waals surface area contributed by atoms with Gasteiger partial charge in [0.15, 0.2) is 0 Å². The fourth-order valence-electron chi connectivity index (χ4n) is 4.64. The van der Waals surface area contributed by atoms with Gasteiger partial charge in [0, 0.05) is 12.6 Å². The van der Waals surface area contributed by atoms with Gasteiger partial charge in [0.1, 0.15) is 17.7 Å². The van der Waals surface area contributed by atoms with Gasteiger partial charge in [0.05, 0.1) is 6.42 Å². The number of hydrogen-bond acceptors (Lipinski definition) is 5. The lowest BCUT2D eigenvalue weighted by molar-refractivity contribution is -0.143. The van der Waals surface area contributed by atoms with E-state index in [0.29, 0.717) is 12.0 Å². The molecule has 226 valence electrons. The number of carbonyl (C=O) groups excluding carboxylic acids is 4. The van der Waals surface area contributed by atoms with E-state index in [1.54, 1.807) is 20.8 Å². The summed E-state index contributed by atoms with van der Waals surface area (Å²) in [5.41, 5.74) is 7.22. The molecule has 1 aromatic rings. The van der Waals surface area contributed by atoms with Gasteiger partial charge < -0.3 is 26.0 Å². The Bertz CT molecular complexity index is 988. The van der Waals surface area contributed by atoms with Gasteiger partial charge in [-0.15, -0.1) is 0 Å². The lowest BCUT2D eigenvalue weighted by Gasteiger charge is -2.35. The standard InChI is InChI=1S/C31H52N4O5/c1-9-11-12-13-14-18-35(29(38)25(20-26(32)36)34-30(39)40-31(6,7)8)27(28(37)33-23(5)15-10-2)24-19-21(3)16-17-22(24)4/h16-17,19,23,25,27H,9-15,18,20H2,1-8H3,(H2,32,36)(H,33,37)(H,34,39). The van der Waals surface area contributed by atoms with Crippen LogP contribution in [0.2, 0.25) is 0 Å². The molecule has 0 aromatic heterocycles. The number of alkyl carbamates (subject to hydrolysis) is 1. The van der Waals surface area contributed by atoms with Crippen molar-refractivity contribution in [2.24, 2.45) is 5.73 Å². The van der Waals surface area contributed by atoms with Crippen LogP contribution in [0.25, 0.3) is 0 Å². The Hall–Kier alpha value is -3.10. The van der Waals surface area contributed by atoms with Crippen LogP contribution in [0.3, 0.4) is 0 Å². The molecule has 9 nitrogen and oxygen atoms in total. The SMILES string of the molecule is CCCCCCCN(C(=O)C(CC(N)=O)NC(=O)OC(C)(C)C)C(C(=O)NC(C)CCC)c1cc(C)ccc1C. The van der Waals surface area contributed by atoms with E-state index < -0.39 is 42.0 Å². The molecule has 0 radical (unpaired) electrons. The summed E-state index contributed by atoms with van der Waals surface area (Å²) in [5, 5.41) is 5.63. The Morgan fingerprint density at radius 2 is 1.62 bits per heavy atom. The summed E-state index contributed by atoms with van der Waals surface area (Å²) in [6.45, 7) is 15.4. The lowest BCUT2D eigenvalue weighted by Crippen LogP contribution is -2.54. The van der Waals surface area contributed by atoms with Gasteiger partial charge in [-0.25, -0.2) is 4.79 Å². The predicted molar refractivity (Wildman–Crippen MR) is 159 cm³/mol. The molecule has 40 heavy (non-hydrogen) atoms. The number of nitrogens with two attached hydrogens (primary N) is 1. The molecule has 0 aliphatic rings. The van der Waals surface area contributed by atoms with E-state index in [1.807, 2.05) is 45.9 Å². The molecule has 3 atom stereocenters. The van der Waals surface area contributed by atoms with Crippen molar-refractivity contribution < 1.29 is 23.9 Å². The largest absolute Gasteiger partial charge is 0.444 e. The molecule has 4 N–H and O–H groups in total. The molecule has 0 saturated carbocycles. The molecule has 0 bridgehead atoms. The van der Waals surface area contributed by atoms with E-state index in [4.69, 9.17) is 10.5 Å². The number of hydrogen-bond donors (Lipinski definition) is 3. The van der Waals surface area contributed by atoms with Gasteiger partial charge in [-0.1, -0.05) is 69.7 Å². The molecule has 1 aromatic carbocycles. The summed E-state index contributed by atoms with van der Waals surface area (Å²) in [7, 11) is 0. The van der Waals surface area contributed by atoms with Crippen LogP contribution in [0.15, 0.2) is 18.2 Å². The number of aryl methyl sites for hydroxylation is 2. The Morgan fingerprint density at radius 3 is 2.20 bits per heavy atom. The van der Waals surface area contributed by atoms with E-state index in [9.17, 15) is 19.2 Å². The minimum atomic E-state index is -1.28. The molecule has 4 amide bonds. The number of rotatable bonds is 16. The number of amides is 4. The van der Waals surface area contributed by atoms with Gasteiger partial charge >= 0.3 is 6.09 Å². The summed E-state index contributed by atoms with van der Waals surface area (Å²) in [6, 6.07) is 3.50. The highest BCUT2D eigenvalue weighted by Crippen LogP contribution is 2.28. The van der Waals surface area contributed by atoms with Crippen LogP contribution in [-0.4, -0.2) is 52.9 Å². The molecule has 9 heteroatoms. The Morgan fingerprint density at radius 1 is 0.975 bits per heavy atom. The Kier molecular flexibility index (Phi) is 14.7. The van der Waals surface area contributed by atoms with Crippen molar-refractivity contribution in [2.45, 2.75) is 130 Å². The second-order valence-corrected chi connectivity index (χ2v) is 11.8. The van der Waals surface area contributed by atoms with Crippen molar-refractivity contribution in [3.63, 3.8) is 0 Å². The van der Waals surface area contributed by atoms with Crippen molar-refractivity contribution in [1.29, 1.82) is 0 Å². The van der Waals surface area contributed by atoms with Crippen LogP contribution in [-0.2, 0) is 19.1 Å². The third-order valence-electron chi connectivity index (χ3n) is 6.58. The third-order valence-corrected chi connectivity index (χ3v) is 6.58. The van der Waals surface area contributed by atoms with E-state index >= 15 is 0 Å². The van der Waals surface area contributed by atoms with Crippen LogP contribution < -0.4 is 16.4 Å². The summed E-state index contributed by atoms with van der Waals surface area (Å²) in [5.74, 6) is -1.60. The molecule has 0 aliphatic heterocycles. The molecule has 0 spiro atoms. The first-order chi connectivity index (χ1) is 18.7. The zero-order valence-corrected chi connectivity index (χ0v) is 25.9. The minimum absolute atomic E-state index is 0.0899. The number of primary amides is 1. The molecular formula is C31H52N4O5. The number of nitrogens with one attached hydrogen (secondary N) is 2. The first kappa shape index (κ1) is 34.9. The highest BCUT2D eigenvalue weighted by atomic mass is 16.6. The number of benzene rings is 1. The minimum Gasteiger partial charge on any atom is -0.444 e. The van der Waals surface area contributed by atoms with Crippen molar-refractivity contribution in [1.82, 2.24) is 15.5 Å². The summed E-state index contributed by atoms with van der Waals surface area (Å²) < 4.78 is 5.36. The van der Waals surface area contributed by atoms with Gasteiger partial charge in [0.2, 0.25) is 17.7 Å². The average Bonchev–Trinajstić information content (AvgIpc) is 2.82. The maximum Gasteiger partial charge on any atom is 0.408 e. The number of ether oxygens (including phenoxy) is 1. The summed E-state index contributed by atoms with van der Waals surface area (Å²) in [6.07, 6.45) is 5.15. The average molecular weight is 561 g/mol. The summed E-state index contributed by atoms with van der Waals surface area (Å²) in [4.78, 5) is 54.3. The smallest absolute Gasteiger partial charge is 0.408 e. The van der Waals surface area contributed by atoms with E-state index in [2.05, 4.69) is 17.6 Å². The van der Waals surface area contributed by atoms with Gasteiger partial charge in [-0.2, -0.15) is 0 Å². The van der Waals surface area contributed by atoms with Crippen LogP contribution in [0.5, 0.6) is 0 Å². The highest BCUT2D eigenvalue weighted by Gasteiger charge is 2.37. The molecule has 0 fully saturated rings. The zero-order valence-electron chi connectivity index (χ0n) is 25.9. The van der Waals surface area contributed by atoms with Crippen molar-refractivity contribution in [3.05, 3.63) is 34.9 Å². The predicted octanol–water partition coefficient (Wildman–Crippen LogP) is 5.22. The fraction of sp³-hybridized carbons (Fsp3) is 0.677. The molecule has 3 unspecified atom stereocenters. The van der Waals surface area contributed by atoms with Gasteiger partial charge in [-0.05, 0) is 65.5 Å². The molecule has 0 heterocycles. The molecule has 0 aliphatic carbocycles. The molecule has 1 rings (SSSR count). The maximum atomic E-state index is 14.2.